The molecule has 1 unspecified atom stereocenters. The molecule has 0 aliphatic carbocycles. The maximum absolute atomic E-state index is 12.5. The molecule has 6 heteroatoms. The van der Waals surface area contributed by atoms with E-state index in [4.69, 9.17) is 14.2 Å². The summed E-state index contributed by atoms with van der Waals surface area (Å²) in [7, 11) is 0. The van der Waals surface area contributed by atoms with E-state index < -0.39 is 12.1 Å². The van der Waals surface area contributed by atoms with Gasteiger partial charge in [0, 0.05) is 12.8 Å². The average Bonchev–Trinajstić information content (AvgIpc) is 3.11. The van der Waals surface area contributed by atoms with Crippen LogP contribution in [0, 0.1) is 0 Å². The Hall–Kier alpha value is -3.67. The first kappa shape index (κ1) is 46.3. The summed E-state index contributed by atoms with van der Waals surface area (Å²) in [5, 5.41) is 0. The Kier molecular flexibility index (Phi) is 35.3. The van der Waals surface area contributed by atoms with Gasteiger partial charge in [0.1, 0.15) is 13.2 Å². The molecule has 0 aliphatic heterocycles. The maximum atomic E-state index is 12.5. The molecule has 0 rings (SSSR count). The topological polar surface area (TPSA) is 78.9 Å². The lowest BCUT2D eigenvalue weighted by Gasteiger charge is -2.18. The van der Waals surface area contributed by atoms with Crippen molar-refractivity contribution in [1.82, 2.24) is 0 Å². The monoisotopic (exact) mass is 693 g/mol. The number of allylic oxidation sites excluding steroid dienone is 15. The van der Waals surface area contributed by atoms with E-state index in [-0.39, 0.29) is 38.0 Å². The Bertz CT molecular complexity index is 1070. The lowest BCUT2D eigenvalue weighted by molar-refractivity contribution is -0.166. The molecule has 0 aromatic rings. The zero-order valence-electron chi connectivity index (χ0n) is 31.6. The highest BCUT2D eigenvalue weighted by Crippen LogP contribution is 2.09. The fourth-order valence-corrected chi connectivity index (χ4v) is 4.55. The van der Waals surface area contributed by atoms with Gasteiger partial charge < -0.3 is 14.2 Å². The van der Waals surface area contributed by atoms with Crippen molar-refractivity contribution in [3.8, 4) is 0 Å². The number of carbonyl (C=O) groups excluding carboxylic acids is 3. The second-order valence-electron chi connectivity index (χ2n) is 12.1. The third-order valence-corrected chi connectivity index (χ3v) is 7.35. The first-order valence-corrected chi connectivity index (χ1v) is 19.2. The first-order chi connectivity index (χ1) is 24.5. The lowest BCUT2D eigenvalue weighted by atomic mass is 10.1. The SMILES string of the molecule is CC/C=C\C/C=C\C/C=C\CCCCCCC(=O)OCC(COC(=O)CCCC/C=C\C/C=C\CC)OC(=O)C/C=C\C/C=C\C/C=C\CC. The van der Waals surface area contributed by atoms with Crippen LogP contribution in [0.5, 0.6) is 0 Å². The van der Waals surface area contributed by atoms with Gasteiger partial charge in [-0.25, -0.2) is 0 Å². The van der Waals surface area contributed by atoms with Crippen molar-refractivity contribution in [2.24, 2.45) is 0 Å². The summed E-state index contributed by atoms with van der Waals surface area (Å²) in [4.78, 5) is 37.3. The second-order valence-corrected chi connectivity index (χ2v) is 12.1. The summed E-state index contributed by atoms with van der Waals surface area (Å²) >= 11 is 0. The smallest absolute Gasteiger partial charge is 0.310 e. The number of hydrogen-bond acceptors (Lipinski definition) is 6. The van der Waals surface area contributed by atoms with E-state index in [1.165, 1.54) is 0 Å². The van der Waals surface area contributed by atoms with Crippen LogP contribution in [0.3, 0.4) is 0 Å². The van der Waals surface area contributed by atoms with E-state index >= 15 is 0 Å². The Balaban J connectivity index is 4.54. The molecule has 0 aliphatic rings. The van der Waals surface area contributed by atoms with Gasteiger partial charge in [0.15, 0.2) is 6.10 Å². The summed E-state index contributed by atoms with van der Waals surface area (Å²) in [6.07, 6.45) is 48.7. The third kappa shape index (κ3) is 35.6. The summed E-state index contributed by atoms with van der Waals surface area (Å²) in [6, 6.07) is 0. The van der Waals surface area contributed by atoms with E-state index in [0.29, 0.717) is 12.8 Å². The van der Waals surface area contributed by atoms with Crippen LogP contribution in [0.2, 0.25) is 0 Å². The second kappa shape index (κ2) is 38.1. The van der Waals surface area contributed by atoms with Crippen LogP contribution >= 0.6 is 0 Å². The Labute approximate surface area is 305 Å². The minimum absolute atomic E-state index is 0.0895. The number of rotatable bonds is 32. The van der Waals surface area contributed by atoms with Gasteiger partial charge in [0.05, 0.1) is 6.42 Å². The minimum atomic E-state index is -0.845. The standard InChI is InChI=1S/C44H68O6/c1-4-7-10-13-16-19-20-21-22-23-26-28-31-34-37-43(46)49-40-41(50-44(47)38-35-32-29-25-18-15-12-9-6-3)39-48-42(45)36-33-30-27-24-17-14-11-8-5-2/h7-12,16-19,21-22,24-25,32,35,41H,4-6,13-15,20,23,26-31,33-34,36-40H2,1-3H3/b10-7-,11-8-,12-9-,19-16-,22-21-,24-17-,25-18-,35-32-. The highest BCUT2D eigenvalue weighted by atomic mass is 16.6. The molecular weight excluding hydrogens is 624 g/mol. The number of hydrogen-bond donors (Lipinski definition) is 0. The molecule has 0 aromatic carbocycles. The van der Waals surface area contributed by atoms with Crippen LogP contribution < -0.4 is 0 Å². The maximum Gasteiger partial charge on any atom is 0.310 e. The van der Waals surface area contributed by atoms with Gasteiger partial charge >= 0.3 is 17.9 Å². The van der Waals surface area contributed by atoms with Gasteiger partial charge in [-0.15, -0.1) is 0 Å². The summed E-state index contributed by atoms with van der Waals surface area (Å²) in [5.41, 5.74) is 0. The molecule has 0 amide bonds. The van der Waals surface area contributed by atoms with Crippen molar-refractivity contribution in [1.29, 1.82) is 0 Å². The van der Waals surface area contributed by atoms with Gasteiger partial charge in [-0.2, -0.15) is 0 Å². The Morgan fingerprint density at radius 3 is 1.24 bits per heavy atom. The number of ether oxygens (including phenoxy) is 3. The molecule has 50 heavy (non-hydrogen) atoms. The van der Waals surface area contributed by atoms with Crippen LogP contribution in [-0.4, -0.2) is 37.2 Å². The van der Waals surface area contributed by atoms with Crippen LogP contribution in [0.25, 0.3) is 0 Å². The number of esters is 3. The molecule has 0 bridgehead atoms. The predicted molar refractivity (Wildman–Crippen MR) is 210 cm³/mol. The van der Waals surface area contributed by atoms with Crippen LogP contribution in [0.1, 0.15) is 143 Å². The molecular formula is C44H68O6. The molecule has 6 nitrogen and oxygen atoms in total. The van der Waals surface area contributed by atoms with Crippen LogP contribution in [-0.2, 0) is 28.6 Å². The van der Waals surface area contributed by atoms with Crippen molar-refractivity contribution in [2.75, 3.05) is 13.2 Å². The molecule has 280 valence electrons. The van der Waals surface area contributed by atoms with Crippen molar-refractivity contribution >= 4 is 17.9 Å². The van der Waals surface area contributed by atoms with E-state index in [0.717, 1.165) is 96.3 Å². The minimum Gasteiger partial charge on any atom is -0.462 e. The Morgan fingerprint density at radius 1 is 0.420 bits per heavy atom. The molecule has 0 aromatic heterocycles. The zero-order chi connectivity index (χ0) is 36.6. The molecule has 0 saturated carbocycles. The third-order valence-electron chi connectivity index (χ3n) is 7.35. The van der Waals surface area contributed by atoms with Crippen molar-refractivity contribution in [3.63, 3.8) is 0 Å². The quantitative estimate of drug-likeness (QED) is 0.0302. The van der Waals surface area contributed by atoms with Crippen LogP contribution in [0.15, 0.2) is 97.2 Å². The van der Waals surface area contributed by atoms with Crippen molar-refractivity contribution < 1.29 is 28.6 Å². The summed E-state index contributed by atoms with van der Waals surface area (Å²) in [5.74, 6) is -1.14. The molecule has 0 saturated heterocycles. The lowest BCUT2D eigenvalue weighted by Crippen LogP contribution is -2.30. The van der Waals surface area contributed by atoms with E-state index in [1.807, 2.05) is 6.08 Å². The summed E-state index contributed by atoms with van der Waals surface area (Å²) < 4.78 is 16.4. The Morgan fingerprint density at radius 2 is 0.780 bits per heavy atom. The van der Waals surface area contributed by atoms with Gasteiger partial charge in [-0.05, 0) is 89.9 Å². The predicted octanol–water partition coefficient (Wildman–Crippen LogP) is 11.9. The summed E-state index contributed by atoms with van der Waals surface area (Å²) in [6.45, 7) is 6.08. The van der Waals surface area contributed by atoms with Gasteiger partial charge in [-0.3, -0.25) is 14.4 Å². The average molecular weight is 693 g/mol. The molecule has 0 spiro atoms. The number of carbonyl (C=O) groups is 3. The fraction of sp³-hybridized carbons (Fsp3) is 0.568. The molecule has 0 fully saturated rings. The normalized spacial score (nSPS) is 13.1. The largest absolute Gasteiger partial charge is 0.462 e. The van der Waals surface area contributed by atoms with E-state index in [1.54, 1.807) is 6.08 Å². The van der Waals surface area contributed by atoms with Crippen molar-refractivity contribution in [2.45, 2.75) is 149 Å². The number of unbranched alkanes of at least 4 members (excludes halogenated alkanes) is 6. The van der Waals surface area contributed by atoms with Gasteiger partial charge in [0.25, 0.3) is 0 Å². The highest BCUT2D eigenvalue weighted by Gasteiger charge is 2.19. The van der Waals surface area contributed by atoms with Gasteiger partial charge in [0.2, 0.25) is 0 Å². The van der Waals surface area contributed by atoms with Crippen molar-refractivity contribution in [3.05, 3.63) is 97.2 Å². The van der Waals surface area contributed by atoms with Crippen LogP contribution in [0.4, 0.5) is 0 Å². The highest BCUT2D eigenvalue weighted by molar-refractivity contribution is 5.72. The first-order valence-electron chi connectivity index (χ1n) is 19.2. The zero-order valence-corrected chi connectivity index (χ0v) is 31.6. The fourth-order valence-electron chi connectivity index (χ4n) is 4.55. The molecule has 1 atom stereocenters. The van der Waals surface area contributed by atoms with E-state index in [2.05, 4.69) is 106 Å². The molecule has 0 heterocycles. The molecule has 0 radical (unpaired) electrons. The van der Waals surface area contributed by atoms with E-state index in [9.17, 15) is 14.4 Å². The van der Waals surface area contributed by atoms with Gasteiger partial charge in [-0.1, -0.05) is 131 Å². The molecule has 0 N–H and O–H groups in total.